The molecule has 3 heterocycles. The fourth-order valence-electron chi connectivity index (χ4n) is 2.73. The first-order chi connectivity index (χ1) is 10.9. The molecule has 0 unspecified atom stereocenters. The second-order valence-corrected chi connectivity index (χ2v) is 5.72. The Bertz CT molecular complexity index is 785. The van der Waals surface area contributed by atoms with E-state index in [0.29, 0.717) is 5.95 Å². The Morgan fingerprint density at radius 2 is 2.04 bits per heavy atom. The van der Waals surface area contributed by atoms with Crippen LogP contribution in [0.5, 0.6) is 0 Å². The van der Waals surface area contributed by atoms with E-state index in [-0.39, 0.29) is 16.7 Å². The highest BCUT2D eigenvalue weighted by atomic mass is 16.6. The van der Waals surface area contributed by atoms with Crippen LogP contribution in [0, 0.1) is 0 Å². The Hall–Kier alpha value is -2.01. The molecule has 10 heteroatoms. The summed E-state index contributed by atoms with van der Waals surface area (Å²) in [7, 11) is 5.09. The van der Waals surface area contributed by atoms with E-state index in [0.717, 1.165) is 0 Å². The van der Waals surface area contributed by atoms with Crippen LogP contribution >= 0.6 is 0 Å². The minimum atomic E-state index is -1.27. The highest BCUT2D eigenvalue weighted by Crippen LogP contribution is 2.31. The predicted octanol–water partition coefficient (Wildman–Crippen LogP) is -2.19. The van der Waals surface area contributed by atoms with Gasteiger partial charge >= 0.3 is 0 Å². The topological polar surface area (TPSA) is 126 Å². The van der Waals surface area contributed by atoms with Crippen molar-refractivity contribution in [2.45, 2.75) is 24.5 Å². The average Bonchev–Trinajstić information content (AvgIpc) is 3.05. The lowest BCUT2D eigenvalue weighted by molar-refractivity contribution is -0.0511. The number of anilines is 1. The summed E-state index contributed by atoms with van der Waals surface area (Å²) in [6.45, 7) is -0.431. The van der Waals surface area contributed by atoms with Crippen LogP contribution in [0.15, 0.2) is 11.1 Å². The monoisotopic (exact) mass is 325 g/mol. The first kappa shape index (κ1) is 15.9. The Balaban J connectivity index is 2.15. The van der Waals surface area contributed by atoms with Gasteiger partial charge in [-0.15, -0.1) is 0 Å². The normalized spacial score (nSPS) is 27.7. The summed E-state index contributed by atoms with van der Waals surface area (Å²) >= 11 is 0. The van der Waals surface area contributed by atoms with Crippen LogP contribution < -0.4 is 10.5 Å². The van der Waals surface area contributed by atoms with Gasteiger partial charge in [-0.25, -0.2) is 4.98 Å². The second kappa shape index (κ2) is 5.57. The SMILES string of the molecule is CN(C)c1nc2c(ncn2[C@@H]2O[C@H](CO)[C@@H](O)[C@H]2O)c(=O)n1C. The molecule has 0 amide bonds. The van der Waals surface area contributed by atoms with Crippen molar-refractivity contribution in [1.29, 1.82) is 0 Å². The smallest absolute Gasteiger partial charge is 0.282 e. The van der Waals surface area contributed by atoms with Crippen LogP contribution in [0.2, 0.25) is 0 Å². The average molecular weight is 325 g/mol. The van der Waals surface area contributed by atoms with Crippen LogP contribution in [0.1, 0.15) is 6.23 Å². The molecule has 126 valence electrons. The van der Waals surface area contributed by atoms with Crippen LogP contribution in [-0.2, 0) is 11.8 Å². The number of imidazole rings is 1. The van der Waals surface area contributed by atoms with Crippen LogP contribution in [0.4, 0.5) is 5.95 Å². The number of aliphatic hydroxyl groups is 3. The Morgan fingerprint density at radius 3 is 2.61 bits per heavy atom. The summed E-state index contributed by atoms with van der Waals surface area (Å²) in [4.78, 5) is 22.5. The molecule has 10 nitrogen and oxygen atoms in total. The van der Waals surface area contributed by atoms with E-state index >= 15 is 0 Å². The quantitative estimate of drug-likeness (QED) is 0.581. The lowest BCUT2D eigenvalue weighted by Crippen LogP contribution is -2.33. The Morgan fingerprint density at radius 1 is 1.35 bits per heavy atom. The molecule has 0 saturated carbocycles. The minimum absolute atomic E-state index is 0.135. The molecular formula is C13H19N5O5. The van der Waals surface area contributed by atoms with E-state index in [4.69, 9.17) is 4.74 Å². The van der Waals surface area contributed by atoms with Crippen LogP contribution in [0.3, 0.4) is 0 Å². The molecule has 0 radical (unpaired) electrons. The van der Waals surface area contributed by atoms with Crippen LogP contribution in [0.25, 0.3) is 11.2 Å². The van der Waals surface area contributed by atoms with E-state index < -0.39 is 31.1 Å². The summed E-state index contributed by atoms with van der Waals surface area (Å²) in [5.74, 6) is 0.413. The molecule has 0 aromatic carbocycles. The number of fused-ring (bicyclic) bond motifs is 1. The molecule has 4 atom stereocenters. The van der Waals surface area contributed by atoms with Crippen molar-refractivity contribution in [3.63, 3.8) is 0 Å². The van der Waals surface area contributed by atoms with E-state index in [1.54, 1.807) is 26.0 Å². The predicted molar refractivity (Wildman–Crippen MR) is 80.1 cm³/mol. The van der Waals surface area contributed by atoms with Gasteiger partial charge in [-0.2, -0.15) is 4.98 Å². The molecule has 1 aliphatic heterocycles. The zero-order chi connectivity index (χ0) is 16.9. The number of rotatable bonds is 3. The van der Waals surface area contributed by atoms with Crippen molar-refractivity contribution < 1.29 is 20.1 Å². The molecule has 3 rings (SSSR count). The fraction of sp³-hybridized carbons (Fsp3) is 0.615. The first-order valence-electron chi connectivity index (χ1n) is 7.10. The molecule has 2 aromatic rings. The Kier molecular flexibility index (Phi) is 3.84. The summed E-state index contributed by atoms with van der Waals surface area (Å²) < 4.78 is 8.24. The number of nitrogens with zero attached hydrogens (tertiary/aromatic N) is 5. The molecule has 3 N–H and O–H groups in total. The largest absolute Gasteiger partial charge is 0.394 e. The van der Waals surface area contributed by atoms with Crippen molar-refractivity contribution in [3.8, 4) is 0 Å². The molecule has 0 spiro atoms. The lowest BCUT2D eigenvalue weighted by Gasteiger charge is -2.18. The number of hydrogen-bond donors (Lipinski definition) is 3. The number of ether oxygens (including phenoxy) is 1. The van der Waals surface area contributed by atoms with Gasteiger partial charge in [-0.1, -0.05) is 0 Å². The van der Waals surface area contributed by atoms with Crippen molar-refractivity contribution in [2.75, 3.05) is 25.6 Å². The van der Waals surface area contributed by atoms with Gasteiger partial charge in [-0.3, -0.25) is 13.9 Å². The highest BCUT2D eigenvalue weighted by Gasteiger charge is 2.44. The Labute approximate surface area is 131 Å². The zero-order valence-corrected chi connectivity index (χ0v) is 13.0. The first-order valence-corrected chi connectivity index (χ1v) is 7.10. The third-order valence-corrected chi connectivity index (χ3v) is 3.97. The van der Waals surface area contributed by atoms with E-state index in [1.165, 1.54) is 15.5 Å². The zero-order valence-electron chi connectivity index (χ0n) is 13.0. The van der Waals surface area contributed by atoms with E-state index in [1.807, 2.05) is 0 Å². The molecule has 0 bridgehead atoms. The summed E-state index contributed by atoms with van der Waals surface area (Å²) in [5.41, 5.74) is 0.0478. The molecular weight excluding hydrogens is 306 g/mol. The van der Waals surface area contributed by atoms with Crippen molar-refractivity contribution in [3.05, 3.63) is 16.7 Å². The van der Waals surface area contributed by atoms with Gasteiger partial charge in [0.15, 0.2) is 17.4 Å². The molecule has 1 saturated heterocycles. The van der Waals surface area contributed by atoms with Gasteiger partial charge in [0.05, 0.1) is 12.9 Å². The summed E-state index contributed by atoms with van der Waals surface area (Å²) in [5, 5.41) is 29.2. The maximum atomic E-state index is 12.4. The maximum absolute atomic E-state index is 12.4. The lowest BCUT2D eigenvalue weighted by atomic mass is 10.1. The molecule has 1 fully saturated rings. The van der Waals surface area contributed by atoms with E-state index in [9.17, 15) is 20.1 Å². The third kappa shape index (κ3) is 2.30. The van der Waals surface area contributed by atoms with Gasteiger partial charge in [0.25, 0.3) is 5.56 Å². The van der Waals surface area contributed by atoms with Crippen molar-refractivity contribution in [1.82, 2.24) is 19.1 Å². The molecule has 1 aliphatic rings. The fourth-order valence-corrected chi connectivity index (χ4v) is 2.73. The minimum Gasteiger partial charge on any atom is -0.394 e. The summed E-state index contributed by atoms with van der Waals surface area (Å²) in [6, 6.07) is 0. The highest BCUT2D eigenvalue weighted by molar-refractivity contribution is 5.71. The van der Waals surface area contributed by atoms with Crippen molar-refractivity contribution in [2.24, 2.45) is 7.05 Å². The standard InChI is InChI=1S/C13H19N5O5/c1-16(2)13-15-10-7(11(22)17(13)3)14-5-18(10)12-9(21)8(20)6(4-19)23-12/h5-6,8-9,12,19-21H,4H2,1-3H3/t6-,8-,9-,12-/m1/s1. The second-order valence-electron chi connectivity index (χ2n) is 5.72. The van der Waals surface area contributed by atoms with Gasteiger partial charge < -0.3 is 25.0 Å². The maximum Gasteiger partial charge on any atom is 0.282 e. The molecule has 23 heavy (non-hydrogen) atoms. The van der Waals surface area contributed by atoms with Crippen molar-refractivity contribution >= 4 is 17.1 Å². The number of hydrogen-bond acceptors (Lipinski definition) is 8. The number of aromatic nitrogens is 4. The van der Waals surface area contributed by atoms with E-state index in [2.05, 4.69) is 9.97 Å². The van der Waals surface area contributed by atoms with Crippen LogP contribution in [-0.4, -0.2) is 73.4 Å². The van der Waals surface area contributed by atoms with Gasteiger partial charge in [0.1, 0.15) is 18.3 Å². The third-order valence-electron chi connectivity index (χ3n) is 3.97. The van der Waals surface area contributed by atoms with Gasteiger partial charge in [-0.05, 0) is 0 Å². The van der Waals surface area contributed by atoms with Gasteiger partial charge in [0, 0.05) is 21.1 Å². The molecule has 2 aromatic heterocycles. The van der Waals surface area contributed by atoms with Gasteiger partial charge in [0.2, 0.25) is 5.95 Å². The molecule has 0 aliphatic carbocycles. The summed E-state index contributed by atoms with van der Waals surface area (Å²) in [6.07, 6.45) is -3.06. The number of aliphatic hydroxyl groups excluding tert-OH is 3.